The summed E-state index contributed by atoms with van der Waals surface area (Å²) >= 11 is 0. The third kappa shape index (κ3) is 2.88. The molecule has 0 fully saturated rings. The summed E-state index contributed by atoms with van der Waals surface area (Å²) in [6.45, 7) is 2.30. The number of nitrogens with zero attached hydrogens (tertiary/aromatic N) is 1. The first kappa shape index (κ1) is 14.5. The first-order valence-corrected chi connectivity index (χ1v) is 7.93. The highest BCUT2D eigenvalue weighted by atomic mass is 16.5. The van der Waals surface area contributed by atoms with Gasteiger partial charge in [-0.3, -0.25) is 0 Å². The van der Waals surface area contributed by atoms with E-state index in [1.807, 2.05) is 61.5 Å². The van der Waals surface area contributed by atoms with Gasteiger partial charge in [-0.15, -0.1) is 0 Å². The van der Waals surface area contributed by atoms with Crippen LogP contribution in [-0.4, -0.2) is 4.98 Å². The fourth-order valence-electron chi connectivity index (χ4n) is 2.68. The number of oxazole rings is 1. The SMILES string of the molecule is Cc1oc(-c2ccccc2)nc1COc1ccc2ccccc2c1. The maximum Gasteiger partial charge on any atom is 0.226 e. The second-order valence-electron chi connectivity index (χ2n) is 5.69. The van der Waals surface area contributed by atoms with Crippen LogP contribution in [-0.2, 0) is 6.61 Å². The molecular weight excluding hydrogens is 298 g/mol. The van der Waals surface area contributed by atoms with Crippen LogP contribution in [0.15, 0.2) is 77.2 Å². The fourth-order valence-corrected chi connectivity index (χ4v) is 2.68. The largest absolute Gasteiger partial charge is 0.487 e. The van der Waals surface area contributed by atoms with Gasteiger partial charge in [0.25, 0.3) is 0 Å². The van der Waals surface area contributed by atoms with Crippen LogP contribution in [0.5, 0.6) is 5.75 Å². The van der Waals surface area contributed by atoms with Crippen molar-refractivity contribution in [3.63, 3.8) is 0 Å². The van der Waals surface area contributed by atoms with Crippen LogP contribution in [0.1, 0.15) is 11.5 Å². The molecule has 3 heteroatoms. The molecule has 24 heavy (non-hydrogen) atoms. The van der Waals surface area contributed by atoms with Crippen molar-refractivity contribution in [1.29, 1.82) is 0 Å². The predicted octanol–water partition coefficient (Wildman–Crippen LogP) is 5.38. The second-order valence-corrected chi connectivity index (χ2v) is 5.69. The molecule has 0 N–H and O–H groups in total. The fraction of sp³-hybridized carbons (Fsp3) is 0.0952. The first-order valence-electron chi connectivity index (χ1n) is 7.93. The van der Waals surface area contributed by atoms with E-state index in [-0.39, 0.29) is 0 Å². The van der Waals surface area contributed by atoms with Gasteiger partial charge in [-0.2, -0.15) is 0 Å². The van der Waals surface area contributed by atoms with E-state index in [0.29, 0.717) is 12.5 Å². The summed E-state index contributed by atoms with van der Waals surface area (Å²) in [6.07, 6.45) is 0. The summed E-state index contributed by atoms with van der Waals surface area (Å²) in [5.74, 6) is 2.25. The molecule has 4 aromatic rings. The van der Waals surface area contributed by atoms with E-state index >= 15 is 0 Å². The molecule has 3 nitrogen and oxygen atoms in total. The average Bonchev–Trinajstić information content (AvgIpc) is 3.01. The van der Waals surface area contributed by atoms with Gasteiger partial charge in [0.1, 0.15) is 23.8 Å². The van der Waals surface area contributed by atoms with E-state index in [1.54, 1.807) is 0 Å². The summed E-state index contributed by atoms with van der Waals surface area (Å²) in [7, 11) is 0. The Hall–Kier alpha value is -3.07. The lowest BCUT2D eigenvalue weighted by atomic mass is 10.1. The predicted molar refractivity (Wildman–Crippen MR) is 95.0 cm³/mol. The summed E-state index contributed by atoms with van der Waals surface area (Å²) < 4.78 is 11.7. The third-order valence-corrected chi connectivity index (χ3v) is 4.01. The highest BCUT2D eigenvalue weighted by Gasteiger charge is 2.11. The molecule has 0 aliphatic rings. The van der Waals surface area contributed by atoms with E-state index in [9.17, 15) is 0 Å². The van der Waals surface area contributed by atoms with Crippen LogP contribution < -0.4 is 4.74 Å². The average molecular weight is 315 g/mol. The minimum absolute atomic E-state index is 0.389. The van der Waals surface area contributed by atoms with Gasteiger partial charge in [-0.25, -0.2) is 4.98 Å². The molecule has 4 rings (SSSR count). The summed E-state index contributed by atoms with van der Waals surface area (Å²) in [5.41, 5.74) is 1.79. The van der Waals surface area contributed by atoms with Crippen LogP contribution >= 0.6 is 0 Å². The molecule has 0 aliphatic heterocycles. The number of benzene rings is 3. The van der Waals surface area contributed by atoms with Crippen LogP contribution in [0.2, 0.25) is 0 Å². The molecule has 0 saturated heterocycles. The quantitative estimate of drug-likeness (QED) is 0.507. The van der Waals surface area contributed by atoms with Gasteiger partial charge in [0.05, 0.1) is 0 Å². The van der Waals surface area contributed by atoms with Crippen molar-refractivity contribution < 1.29 is 9.15 Å². The molecule has 0 spiro atoms. The molecule has 0 atom stereocenters. The van der Waals surface area contributed by atoms with E-state index in [0.717, 1.165) is 28.2 Å². The Kier molecular flexibility index (Phi) is 3.75. The Morgan fingerprint density at radius 2 is 1.62 bits per heavy atom. The number of rotatable bonds is 4. The van der Waals surface area contributed by atoms with Crippen molar-refractivity contribution >= 4 is 10.8 Å². The topological polar surface area (TPSA) is 35.3 Å². The summed E-state index contributed by atoms with van der Waals surface area (Å²) in [6, 6.07) is 24.2. The molecular formula is C21H17NO2. The minimum Gasteiger partial charge on any atom is -0.487 e. The Morgan fingerprint density at radius 1 is 0.875 bits per heavy atom. The molecule has 1 heterocycles. The number of hydrogen-bond acceptors (Lipinski definition) is 3. The molecule has 1 aromatic heterocycles. The number of hydrogen-bond donors (Lipinski definition) is 0. The molecule has 0 saturated carbocycles. The number of fused-ring (bicyclic) bond motifs is 1. The van der Waals surface area contributed by atoms with Gasteiger partial charge in [0.15, 0.2) is 0 Å². The Bertz CT molecular complexity index is 973. The molecule has 0 unspecified atom stereocenters. The molecule has 0 radical (unpaired) electrons. The lowest BCUT2D eigenvalue weighted by Crippen LogP contribution is -1.97. The van der Waals surface area contributed by atoms with Gasteiger partial charge in [-0.1, -0.05) is 48.5 Å². The van der Waals surface area contributed by atoms with Gasteiger partial charge in [0, 0.05) is 5.56 Å². The smallest absolute Gasteiger partial charge is 0.226 e. The maximum absolute atomic E-state index is 5.91. The minimum atomic E-state index is 0.389. The lowest BCUT2D eigenvalue weighted by molar-refractivity contribution is 0.300. The van der Waals surface area contributed by atoms with Crippen molar-refractivity contribution in [3.05, 3.63) is 84.3 Å². The number of aryl methyl sites for hydroxylation is 1. The Morgan fingerprint density at radius 3 is 2.46 bits per heavy atom. The summed E-state index contributed by atoms with van der Waals surface area (Å²) in [4.78, 5) is 4.57. The zero-order chi connectivity index (χ0) is 16.4. The Labute approximate surface area is 140 Å². The van der Waals surface area contributed by atoms with Crippen LogP contribution in [0.3, 0.4) is 0 Å². The standard InChI is InChI=1S/C21H17NO2/c1-15-20(22-21(24-15)17-8-3-2-4-9-17)14-23-19-12-11-16-7-5-6-10-18(16)13-19/h2-13H,14H2,1H3. The van der Waals surface area contributed by atoms with E-state index in [4.69, 9.17) is 9.15 Å². The van der Waals surface area contributed by atoms with Crippen LogP contribution in [0.25, 0.3) is 22.2 Å². The maximum atomic E-state index is 5.91. The zero-order valence-electron chi connectivity index (χ0n) is 13.4. The monoisotopic (exact) mass is 315 g/mol. The van der Waals surface area contributed by atoms with Crippen LogP contribution in [0, 0.1) is 6.92 Å². The lowest BCUT2D eigenvalue weighted by Gasteiger charge is -2.06. The van der Waals surface area contributed by atoms with Gasteiger partial charge in [-0.05, 0) is 42.0 Å². The molecule has 118 valence electrons. The number of aromatic nitrogens is 1. The van der Waals surface area contributed by atoms with Gasteiger partial charge >= 0.3 is 0 Å². The molecule has 3 aromatic carbocycles. The normalized spacial score (nSPS) is 10.9. The van der Waals surface area contributed by atoms with Crippen molar-refractivity contribution in [2.45, 2.75) is 13.5 Å². The van der Waals surface area contributed by atoms with E-state index in [1.165, 1.54) is 5.39 Å². The summed E-state index contributed by atoms with van der Waals surface area (Å²) in [5, 5.41) is 2.37. The highest BCUT2D eigenvalue weighted by Crippen LogP contribution is 2.24. The Balaban J connectivity index is 1.54. The first-order chi connectivity index (χ1) is 11.8. The van der Waals surface area contributed by atoms with Crippen molar-refractivity contribution in [2.24, 2.45) is 0 Å². The van der Waals surface area contributed by atoms with Crippen molar-refractivity contribution in [2.75, 3.05) is 0 Å². The zero-order valence-corrected chi connectivity index (χ0v) is 13.4. The second kappa shape index (κ2) is 6.20. The van der Waals surface area contributed by atoms with Crippen molar-refractivity contribution in [3.8, 4) is 17.2 Å². The highest BCUT2D eigenvalue weighted by molar-refractivity contribution is 5.83. The van der Waals surface area contributed by atoms with Crippen LogP contribution in [0.4, 0.5) is 0 Å². The molecule has 0 bridgehead atoms. The van der Waals surface area contributed by atoms with E-state index < -0.39 is 0 Å². The molecule has 0 aliphatic carbocycles. The van der Waals surface area contributed by atoms with Gasteiger partial charge in [0.2, 0.25) is 5.89 Å². The van der Waals surface area contributed by atoms with Gasteiger partial charge < -0.3 is 9.15 Å². The third-order valence-electron chi connectivity index (χ3n) is 4.01. The van der Waals surface area contributed by atoms with E-state index in [2.05, 4.69) is 23.2 Å². The number of ether oxygens (including phenoxy) is 1. The molecule has 0 amide bonds. The van der Waals surface area contributed by atoms with Crippen molar-refractivity contribution in [1.82, 2.24) is 4.98 Å².